The average molecular weight is 296 g/mol. The molecule has 1 heterocycles. The Morgan fingerprint density at radius 3 is 2.14 bits per heavy atom. The van der Waals surface area contributed by atoms with Crippen molar-refractivity contribution in [1.82, 2.24) is 4.90 Å². The summed E-state index contributed by atoms with van der Waals surface area (Å²) in [5, 5.41) is 0. The number of nitrogens with zero attached hydrogens (tertiary/aromatic N) is 1. The number of rotatable bonds is 4. The molecule has 0 aromatic heterocycles. The van der Waals surface area contributed by atoms with Gasteiger partial charge in [0, 0.05) is 25.2 Å². The molecule has 2 N–H and O–H groups in total. The first-order valence-electron chi connectivity index (χ1n) is 8.71. The van der Waals surface area contributed by atoms with Crippen molar-refractivity contribution in [3.05, 3.63) is 0 Å². The lowest BCUT2D eigenvalue weighted by Gasteiger charge is -2.56. The topological polar surface area (TPSA) is 38.5 Å². The van der Waals surface area contributed by atoms with Crippen molar-refractivity contribution in [1.29, 1.82) is 0 Å². The standard InChI is InChI=1S/C18H36N2O/c1-16(2)11-17(3,4)13-18(12-16,14-19)20(5)10-15-8-6-7-9-21-15/h15H,6-14,19H2,1-5H3. The van der Waals surface area contributed by atoms with E-state index in [-0.39, 0.29) is 5.54 Å². The summed E-state index contributed by atoms with van der Waals surface area (Å²) >= 11 is 0. The van der Waals surface area contributed by atoms with Crippen LogP contribution in [0.4, 0.5) is 0 Å². The molecule has 3 nitrogen and oxygen atoms in total. The fourth-order valence-electron chi connectivity index (χ4n) is 5.29. The molecule has 1 unspecified atom stereocenters. The minimum atomic E-state index is 0.131. The molecule has 1 atom stereocenters. The molecule has 2 rings (SSSR count). The van der Waals surface area contributed by atoms with Gasteiger partial charge in [-0.15, -0.1) is 0 Å². The highest BCUT2D eigenvalue weighted by Gasteiger charge is 2.48. The number of hydrogen-bond acceptors (Lipinski definition) is 3. The van der Waals surface area contributed by atoms with Crippen molar-refractivity contribution in [2.24, 2.45) is 16.6 Å². The maximum atomic E-state index is 6.30. The third kappa shape index (κ3) is 4.20. The van der Waals surface area contributed by atoms with E-state index in [0.717, 1.165) is 19.7 Å². The predicted octanol–water partition coefficient (Wildman–Crippen LogP) is 3.42. The molecule has 0 amide bonds. The van der Waals surface area contributed by atoms with E-state index in [0.29, 0.717) is 16.9 Å². The third-order valence-corrected chi connectivity index (χ3v) is 5.51. The Hall–Kier alpha value is -0.120. The Balaban J connectivity index is 2.11. The minimum absolute atomic E-state index is 0.131. The summed E-state index contributed by atoms with van der Waals surface area (Å²) in [6, 6.07) is 0. The second-order valence-corrected chi connectivity index (χ2v) is 9.16. The minimum Gasteiger partial charge on any atom is -0.377 e. The van der Waals surface area contributed by atoms with Gasteiger partial charge >= 0.3 is 0 Å². The normalized spacial score (nSPS) is 31.3. The Bertz CT molecular complexity index is 329. The lowest BCUT2D eigenvalue weighted by molar-refractivity contribution is -0.0669. The molecule has 0 bridgehead atoms. The monoisotopic (exact) mass is 296 g/mol. The largest absolute Gasteiger partial charge is 0.377 e. The Labute approximate surface area is 131 Å². The van der Waals surface area contributed by atoms with E-state index in [9.17, 15) is 0 Å². The quantitative estimate of drug-likeness (QED) is 0.864. The zero-order valence-corrected chi connectivity index (χ0v) is 14.9. The highest BCUT2D eigenvalue weighted by Crippen LogP contribution is 2.51. The maximum absolute atomic E-state index is 6.30. The van der Waals surface area contributed by atoms with Gasteiger partial charge in [-0.1, -0.05) is 27.7 Å². The maximum Gasteiger partial charge on any atom is 0.0702 e. The predicted molar refractivity (Wildman–Crippen MR) is 89.4 cm³/mol. The molecule has 124 valence electrons. The summed E-state index contributed by atoms with van der Waals surface area (Å²) in [5.74, 6) is 0. The fourth-order valence-corrected chi connectivity index (χ4v) is 5.29. The summed E-state index contributed by atoms with van der Waals surface area (Å²) < 4.78 is 5.95. The van der Waals surface area contributed by atoms with E-state index in [1.807, 2.05) is 0 Å². The molecular weight excluding hydrogens is 260 g/mol. The lowest BCUT2D eigenvalue weighted by Crippen LogP contribution is -2.61. The van der Waals surface area contributed by atoms with Crippen LogP contribution in [0.3, 0.4) is 0 Å². The van der Waals surface area contributed by atoms with Crippen molar-refractivity contribution >= 4 is 0 Å². The van der Waals surface area contributed by atoms with E-state index in [1.54, 1.807) is 0 Å². The van der Waals surface area contributed by atoms with Crippen LogP contribution in [0.5, 0.6) is 0 Å². The second kappa shape index (κ2) is 6.17. The van der Waals surface area contributed by atoms with Crippen LogP contribution in [-0.4, -0.2) is 43.3 Å². The van der Waals surface area contributed by atoms with Crippen LogP contribution in [0.15, 0.2) is 0 Å². The molecule has 0 aromatic rings. The van der Waals surface area contributed by atoms with Crippen LogP contribution in [0.2, 0.25) is 0 Å². The van der Waals surface area contributed by atoms with Crippen LogP contribution < -0.4 is 5.73 Å². The molecule has 0 spiro atoms. The molecule has 1 saturated heterocycles. The molecule has 2 fully saturated rings. The summed E-state index contributed by atoms with van der Waals surface area (Å²) in [5.41, 5.74) is 7.16. The van der Waals surface area contributed by atoms with Gasteiger partial charge in [0.05, 0.1) is 6.10 Å². The fraction of sp³-hybridized carbons (Fsp3) is 1.00. The molecule has 3 heteroatoms. The van der Waals surface area contributed by atoms with Gasteiger partial charge in [-0.2, -0.15) is 0 Å². The van der Waals surface area contributed by atoms with Crippen molar-refractivity contribution in [3.63, 3.8) is 0 Å². The van der Waals surface area contributed by atoms with Gasteiger partial charge in [0.2, 0.25) is 0 Å². The number of hydrogen-bond donors (Lipinski definition) is 1. The zero-order valence-electron chi connectivity index (χ0n) is 14.9. The van der Waals surface area contributed by atoms with Crippen molar-refractivity contribution < 1.29 is 4.74 Å². The number of likely N-dealkylation sites (N-methyl/N-ethyl adjacent to an activating group) is 1. The van der Waals surface area contributed by atoms with E-state index >= 15 is 0 Å². The van der Waals surface area contributed by atoms with Gasteiger partial charge in [-0.05, 0) is 56.4 Å². The molecule has 1 aliphatic carbocycles. The SMILES string of the molecule is CN(CC1CCCCO1)C1(CN)CC(C)(C)CC(C)(C)C1. The first kappa shape index (κ1) is 17.2. The first-order chi connectivity index (χ1) is 9.68. The van der Waals surface area contributed by atoms with E-state index in [1.165, 1.54) is 38.5 Å². The average Bonchev–Trinajstić information content (AvgIpc) is 2.36. The van der Waals surface area contributed by atoms with Gasteiger partial charge in [0.1, 0.15) is 0 Å². The Kier molecular flexibility index (Phi) is 5.07. The smallest absolute Gasteiger partial charge is 0.0702 e. The second-order valence-electron chi connectivity index (χ2n) is 9.16. The molecule has 1 aliphatic heterocycles. The highest BCUT2D eigenvalue weighted by atomic mass is 16.5. The highest BCUT2D eigenvalue weighted by molar-refractivity contribution is 5.04. The van der Waals surface area contributed by atoms with Crippen molar-refractivity contribution in [2.45, 2.75) is 77.9 Å². The Morgan fingerprint density at radius 2 is 1.67 bits per heavy atom. The first-order valence-corrected chi connectivity index (χ1v) is 8.71. The number of nitrogens with two attached hydrogens (primary N) is 1. The molecule has 21 heavy (non-hydrogen) atoms. The number of ether oxygens (including phenoxy) is 1. The third-order valence-electron chi connectivity index (χ3n) is 5.51. The van der Waals surface area contributed by atoms with Gasteiger partial charge in [0.15, 0.2) is 0 Å². The van der Waals surface area contributed by atoms with Crippen LogP contribution in [-0.2, 0) is 4.74 Å². The zero-order chi connectivity index (χ0) is 15.7. The van der Waals surface area contributed by atoms with Crippen LogP contribution in [0, 0.1) is 10.8 Å². The van der Waals surface area contributed by atoms with Gasteiger partial charge < -0.3 is 10.5 Å². The summed E-state index contributed by atoms with van der Waals surface area (Å²) in [6.45, 7) is 12.3. The summed E-state index contributed by atoms with van der Waals surface area (Å²) in [6.07, 6.45) is 7.83. The van der Waals surface area contributed by atoms with Crippen molar-refractivity contribution in [2.75, 3.05) is 26.7 Å². The van der Waals surface area contributed by atoms with E-state index in [4.69, 9.17) is 10.5 Å². The summed E-state index contributed by atoms with van der Waals surface area (Å²) in [4.78, 5) is 2.53. The van der Waals surface area contributed by atoms with Crippen LogP contribution >= 0.6 is 0 Å². The van der Waals surface area contributed by atoms with Crippen LogP contribution in [0.1, 0.15) is 66.2 Å². The Morgan fingerprint density at radius 1 is 1.05 bits per heavy atom. The summed E-state index contributed by atoms with van der Waals surface area (Å²) in [7, 11) is 2.27. The molecule has 0 aromatic carbocycles. The van der Waals surface area contributed by atoms with E-state index in [2.05, 4.69) is 39.6 Å². The van der Waals surface area contributed by atoms with Gasteiger partial charge in [-0.25, -0.2) is 0 Å². The van der Waals surface area contributed by atoms with Crippen molar-refractivity contribution in [3.8, 4) is 0 Å². The van der Waals surface area contributed by atoms with Gasteiger partial charge in [-0.3, -0.25) is 4.90 Å². The lowest BCUT2D eigenvalue weighted by atomic mass is 9.58. The molecule has 1 saturated carbocycles. The molecular formula is C18H36N2O. The van der Waals surface area contributed by atoms with E-state index < -0.39 is 0 Å². The van der Waals surface area contributed by atoms with Crippen LogP contribution in [0.25, 0.3) is 0 Å². The molecule has 0 radical (unpaired) electrons. The van der Waals surface area contributed by atoms with Gasteiger partial charge in [0.25, 0.3) is 0 Å². The molecule has 2 aliphatic rings.